The third-order valence-electron chi connectivity index (χ3n) is 6.33. The van der Waals surface area contributed by atoms with E-state index in [9.17, 15) is 4.79 Å². The number of amides is 1. The molecule has 1 amide bonds. The van der Waals surface area contributed by atoms with Crippen molar-refractivity contribution in [2.75, 3.05) is 32.1 Å². The van der Waals surface area contributed by atoms with E-state index in [1.807, 2.05) is 17.2 Å². The Kier molecular flexibility index (Phi) is 4.09. The molecule has 0 bridgehead atoms. The fourth-order valence-corrected chi connectivity index (χ4v) is 4.77. The van der Waals surface area contributed by atoms with Crippen LogP contribution in [0.3, 0.4) is 0 Å². The van der Waals surface area contributed by atoms with Gasteiger partial charge in [-0.1, -0.05) is 6.08 Å². The van der Waals surface area contributed by atoms with Crippen LogP contribution < -0.4 is 4.90 Å². The van der Waals surface area contributed by atoms with E-state index >= 15 is 0 Å². The molecule has 0 radical (unpaired) electrons. The number of aromatic amines is 1. The maximum Gasteiger partial charge on any atom is 0.409 e. The van der Waals surface area contributed by atoms with Gasteiger partial charge in [-0.05, 0) is 36.7 Å². The highest BCUT2D eigenvalue weighted by Gasteiger charge is 2.50. The van der Waals surface area contributed by atoms with Gasteiger partial charge in [0, 0.05) is 32.4 Å². The molecule has 7 nitrogen and oxygen atoms in total. The minimum atomic E-state index is -0.232. The predicted molar refractivity (Wildman–Crippen MR) is 100 cm³/mol. The Labute approximate surface area is 153 Å². The number of anilines is 1. The van der Waals surface area contributed by atoms with Crippen LogP contribution in [-0.2, 0) is 4.74 Å². The first-order chi connectivity index (χ1) is 12.6. The third kappa shape index (κ3) is 2.53. The zero-order valence-corrected chi connectivity index (χ0v) is 15.3. The summed E-state index contributed by atoms with van der Waals surface area (Å²) >= 11 is 0. The number of nitrogens with one attached hydrogen (secondary N) is 1. The Hall–Kier alpha value is -2.57. The number of likely N-dealkylation sites (tertiary alicyclic amines) is 1. The predicted octanol–water partition coefficient (Wildman–Crippen LogP) is 2.82. The van der Waals surface area contributed by atoms with Gasteiger partial charge in [0.2, 0.25) is 0 Å². The first-order valence-electron chi connectivity index (χ1n) is 9.05. The van der Waals surface area contributed by atoms with E-state index in [1.165, 1.54) is 7.11 Å². The second kappa shape index (κ2) is 6.30. The van der Waals surface area contributed by atoms with Crippen molar-refractivity contribution in [1.82, 2.24) is 19.9 Å². The number of H-pyrrole nitrogens is 1. The Bertz CT molecular complexity index is 834. The van der Waals surface area contributed by atoms with Crippen LogP contribution in [0.25, 0.3) is 11.0 Å². The number of aromatic nitrogens is 3. The number of carbonyl (C=O) groups excluding carboxylic acids is 1. The quantitative estimate of drug-likeness (QED) is 0.857. The van der Waals surface area contributed by atoms with Crippen molar-refractivity contribution in [3.05, 3.63) is 31.2 Å². The maximum atomic E-state index is 11.9. The molecule has 3 atom stereocenters. The highest BCUT2D eigenvalue weighted by Crippen LogP contribution is 2.51. The van der Waals surface area contributed by atoms with Crippen molar-refractivity contribution in [2.45, 2.75) is 25.3 Å². The van der Waals surface area contributed by atoms with Crippen molar-refractivity contribution in [3.8, 4) is 0 Å². The molecule has 7 heteroatoms. The number of nitrogens with zero attached hydrogens (tertiary/aromatic N) is 4. The molecule has 1 saturated heterocycles. The lowest BCUT2D eigenvalue weighted by atomic mass is 9.72. The molecule has 4 rings (SSSR count). The minimum absolute atomic E-state index is 0.0771. The van der Waals surface area contributed by atoms with Crippen molar-refractivity contribution in [1.29, 1.82) is 0 Å². The summed E-state index contributed by atoms with van der Waals surface area (Å²) in [4.78, 5) is 28.0. The highest BCUT2D eigenvalue weighted by atomic mass is 16.5. The van der Waals surface area contributed by atoms with E-state index in [0.717, 1.165) is 49.2 Å². The van der Waals surface area contributed by atoms with Crippen LogP contribution in [0.4, 0.5) is 10.6 Å². The van der Waals surface area contributed by atoms with Gasteiger partial charge in [0.05, 0.1) is 12.5 Å². The summed E-state index contributed by atoms with van der Waals surface area (Å²) < 4.78 is 4.92. The summed E-state index contributed by atoms with van der Waals surface area (Å²) in [5.74, 6) is 1.34. The van der Waals surface area contributed by atoms with E-state index in [4.69, 9.17) is 4.74 Å². The van der Waals surface area contributed by atoms with E-state index < -0.39 is 0 Å². The molecule has 2 fully saturated rings. The number of fused-ring (bicyclic) bond motifs is 2. The molecule has 0 spiro atoms. The van der Waals surface area contributed by atoms with Gasteiger partial charge in [-0.15, -0.1) is 6.58 Å². The fourth-order valence-electron chi connectivity index (χ4n) is 4.77. The SMILES string of the molecule is C=CC12CCN(C(=O)OC)CC1CC(N(C)c1ncnc3[nH]ccc13)C2. The fraction of sp³-hybridized carbons (Fsp3) is 0.526. The van der Waals surface area contributed by atoms with Crippen LogP contribution in [0.2, 0.25) is 0 Å². The van der Waals surface area contributed by atoms with Crippen molar-refractivity contribution >= 4 is 22.9 Å². The Morgan fingerprint density at radius 3 is 3.15 bits per heavy atom. The summed E-state index contributed by atoms with van der Waals surface area (Å²) in [5.41, 5.74) is 0.931. The molecular weight excluding hydrogens is 330 g/mol. The molecule has 1 saturated carbocycles. The number of carbonyl (C=O) groups is 1. The summed E-state index contributed by atoms with van der Waals surface area (Å²) in [6, 6.07) is 2.37. The summed E-state index contributed by atoms with van der Waals surface area (Å²) in [7, 11) is 3.55. The average molecular weight is 355 g/mol. The average Bonchev–Trinajstić information content (AvgIpc) is 3.30. The van der Waals surface area contributed by atoms with Crippen LogP contribution in [0, 0.1) is 11.3 Å². The third-order valence-corrected chi connectivity index (χ3v) is 6.33. The van der Waals surface area contributed by atoms with Gasteiger partial charge in [0.15, 0.2) is 0 Å². The monoisotopic (exact) mass is 355 g/mol. The number of piperidine rings is 1. The number of allylic oxidation sites excluding steroid dienone is 1. The molecule has 3 unspecified atom stereocenters. The number of methoxy groups -OCH3 is 1. The smallest absolute Gasteiger partial charge is 0.409 e. The van der Waals surface area contributed by atoms with Gasteiger partial charge >= 0.3 is 6.09 Å². The molecule has 1 aliphatic carbocycles. The molecule has 3 heterocycles. The Balaban J connectivity index is 1.59. The number of ether oxygens (including phenoxy) is 1. The van der Waals surface area contributed by atoms with Crippen molar-refractivity contribution in [2.24, 2.45) is 11.3 Å². The van der Waals surface area contributed by atoms with E-state index in [2.05, 4.69) is 39.6 Å². The first kappa shape index (κ1) is 16.9. The van der Waals surface area contributed by atoms with Gasteiger partial charge in [0.1, 0.15) is 17.8 Å². The zero-order valence-electron chi connectivity index (χ0n) is 15.3. The van der Waals surface area contributed by atoms with Gasteiger partial charge in [-0.2, -0.15) is 0 Å². The number of hydrogen-bond acceptors (Lipinski definition) is 5. The molecular formula is C19H25N5O2. The lowest BCUT2D eigenvalue weighted by Gasteiger charge is -2.41. The molecule has 26 heavy (non-hydrogen) atoms. The first-order valence-corrected chi connectivity index (χ1v) is 9.05. The second-order valence-corrected chi connectivity index (χ2v) is 7.44. The largest absolute Gasteiger partial charge is 0.453 e. The van der Waals surface area contributed by atoms with Crippen molar-refractivity contribution in [3.63, 3.8) is 0 Å². The lowest BCUT2D eigenvalue weighted by molar-refractivity contribution is 0.0694. The highest BCUT2D eigenvalue weighted by molar-refractivity contribution is 5.87. The van der Waals surface area contributed by atoms with Crippen LogP contribution in [0.5, 0.6) is 0 Å². The van der Waals surface area contributed by atoms with Crippen molar-refractivity contribution < 1.29 is 9.53 Å². The van der Waals surface area contributed by atoms with Crippen LogP contribution in [-0.4, -0.2) is 59.2 Å². The van der Waals surface area contributed by atoms with Gasteiger partial charge in [-0.25, -0.2) is 14.8 Å². The molecule has 0 aromatic carbocycles. The maximum absolute atomic E-state index is 11.9. The van der Waals surface area contributed by atoms with E-state index in [-0.39, 0.29) is 11.5 Å². The molecule has 1 N–H and O–H groups in total. The minimum Gasteiger partial charge on any atom is -0.453 e. The topological polar surface area (TPSA) is 74.3 Å². The van der Waals surface area contributed by atoms with Crippen LogP contribution >= 0.6 is 0 Å². The zero-order chi connectivity index (χ0) is 18.3. The Morgan fingerprint density at radius 2 is 2.38 bits per heavy atom. The van der Waals surface area contributed by atoms with Gasteiger partial charge in [-0.3, -0.25) is 0 Å². The van der Waals surface area contributed by atoms with Crippen LogP contribution in [0.15, 0.2) is 31.2 Å². The number of hydrogen-bond donors (Lipinski definition) is 1. The molecule has 138 valence electrons. The number of rotatable bonds is 3. The standard InChI is InChI=1S/C19H25N5O2/c1-4-19-6-8-24(18(25)26-3)11-13(19)9-14(10-19)23(2)17-15-5-7-20-16(15)21-12-22-17/h4-5,7,12-14H,1,6,8-11H2,2-3H3,(H,20,21,22). The normalized spacial score (nSPS) is 28.0. The van der Waals surface area contributed by atoms with Crippen LogP contribution in [0.1, 0.15) is 19.3 Å². The molecule has 2 aromatic rings. The van der Waals surface area contributed by atoms with E-state index in [0.29, 0.717) is 12.0 Å². The summed E-state index contributed by atoms with van der Waals surface area (Å²) in [5, 5.41) is 1.04. The van der Waals surface area contributed by atoms with E-state index in [1.54, 1.807) is 6.33 Å². The lowest BCUT2D eigenvalue weighted by Crippen LogP contribution is -2.46. The Morgan fingerprint density at radius 1 is 1.54 bits per heavy atom. The molecule has 1 aliphatic heterocycles. The van der Waals surface area contributed by atoms with Gasteiger partial charge in [0.25, 0.3) is 0 Å². The summed E-state index contributed by atoms with van der Waals surface area (Å²) in [6.07, 6.45) is 8.36. The van der Waals surface area contributed by atoms with Gasteiger partial charge < -0.3 is 19.5 Å². The molecule has 2 aliphatic rings. The molecule has 2 aromatic heterocycles. The summed E-state index contributed by atoms with van der Waals surface area (Å²) in [6.45, 7) is 5.58. The second-order valence-electron chi connectivity index (χ2n) is 7.44.